The largest absolute Gasteiger partial charge is 0.300 e. The summed E-state index contributed by atoms with van der Waals surface area (Å²) in [5.41, 5.74) is 7.56. The average molecular weight is 457 g/mol. The van der Waals surface area contributed by atoms with Gasteiger partial charge in [0.15, 0.2) is 5.78 Å². The van der Waals surface area contributed by atoms with E-state index in [0.717, 1.165) is 11.3 Å². The molecule has 0 aliphatic carbocycles. The van der Waals surface area contributed by atoms with Gasteiger partial charge < -0.3 is 0 Å². The van der Waals surface area contributed by atoms with E-state index in [0.29, 0.717) is 28.2 Å². The van der Waals surface area contributed by atoms with Gasteiger partial charge in [0.2, 0.25) is 0 Å². The lowest BCUT2D eigenvalue weighted by Gasteiger charge is -2.13. The van der Waals surface area contributed by atoms with Crippen molar-refractivity contribution in [1.82, 2.24) is 9.55 Å². The predicted octanol–water partition coefficient (Wildman–Crippen LogP) is 5.12. The number of hydrogen-bond donors (Lipinski definition) is 0. The number of para-hydroxylation sites is 1. The number of Topliss-reactive ketones (excluding diaryl/α,β-unsaturated/α-hetero) is 1. The smallest absolute Gasteiger partial charge is 0.278 e. The van der Waals surface area contributed by atoms with Crippen LogP contribution in [0.5, 0.6) is 0 Å². The molecule has 0 radical (unpaired) electrons. The number of fused-ring (bicyclic) bond motifs is 3. The predicted molar refractivity (Wildman–Crippen MR) is 131 cm³/mol. The molecule has 7 nitrogen and oxygen atoms in total. The number of nitro benzene ring substituents is 1. The highest BCUT2D eigenvalue weighted by Gasteiger charge is 2.30. The van der Waals surface area contributed by atoms with Gasteiger partial charge in [0.25, 0.3) is 5.69 Å². The van der Waals surface area contributed by atoms with Crippen LogP contribution >= 0.6 is 0 Å². The van der Waals surface area contributed by atoms with Crippen LogP contribution < -0.4 is 0 Å². The van der Waals surface area contributed by atoms with Crippen molar-refractivity contribution in [1.29, 1.82) is 0 Å². The molecule has 3 aromatic rings. The molecule has 0 fully saturated rings. The lowest BCUT2D eigenvalue weighted by molar-refractivity contribution is -0.385. The van der Waals surface area contributed by atoms with E-state index < -0.39 is 19.0 Å². The summed E-state index contributed by atoms with van der Waals surface area (Å²) in [5.74, 6) is 3.11. The van der Waals surface area contributed by atoms with Gasteiger partial charge in [-0.05, 0) is 31.2 Å². The van der Waals surface area contributed by atoms with Crippen LogP contribution in [-0.2, 0) is 0 Å². The molecule has 1 aliphatic heterocycles. The van der Waals surface area contributed by atoms with Crippen LogP contribution in [0.1, 0.15) is 52.8 Å². The molecule has 2 aromatic carbocycles. The molecule has 33 heavy (non-hydrogen) atoms. The number of aromatic nitrogens is 2. The molecule has 2 heterocycles. The number of imidazole rings is 1. The third kappa shape index (κ3) is 4.27. The Morgan fingerprint density at radius 2 is 1.88 bits per heavy atom. The molecule has 0 spiro atoms. The number of aliphatic imine (C=N–C) groups is 1. The summed E-state index contributed by atoms with van der Waals surface area (Å²) >= 11 is 0. The number of ketones is 1. The summed E-state index contributed by atoms with van der Waals surface area (Å²) in [6, 6.07) is 11.9. The Morgan fingerprint density at radius 3 is 2.55 bits per heavy atom. The second kappa shape index (κ2) is 8.26. The molecule has 166 valence electrons. The molecule has 8 heteroatoms. The van der Waals surface area contributed by atoms with Crippen LogP contribution in [0, 0.1) is 21.6 Å². The van der Waals surface area contributed by atoms with Crippen molar-refractivity contribution < 1.29 is 9.72 Å². The molecule has 0 saturated carbocycles. The molecule has 0 amide bonds. The van der Waals surface area contributed by atoms with E-state index in [2.05, 4.69) is 36.1 Å². The molecule has 0 saturated heterocycles. The molecular weight excluding hydrogens is 432 g/mol. The summed E-state index contributed by atoms with van der Waals surface area (Å²) in [4.78, 5) is 32.9. The SMILES string of the molecule is CC(=O)c1ncn2c1[C@@H](C)N=C(c1ccccc1[N+](=O)[O-])c1cc(C#C[Si](C)(C)C)ccc1-2. The first-order valence-electron chi connectivity index (χ1n) is 10.6. The number of nitrogens with zero attached hydrogens (tertiary/aromatic N) is 4. The number of carbonyl (C=O) groups excluding carboxylic acids is 1. The van der Waals surface area contributed by atoms with Crippen molar-refractivity contribution in [3.63, 3.8) is 0 Å². The zero-order valence-corrected chi connectivity index (χ0v) is 20.2. The minimum absolute atomic E-state index is 0.0236. The normalized spacial score (nSPS) is 14.8. The summed E-state index contributed by atoms with van der Waals surface area (Å²) < 4.78 is 1.86. The molecule has 0 bridgehead atoms. The summed E-state index contributed by atoms with van der Waals surface area (Å²) in [5, 5.41) is 11.8. The van der Waals surface area contributed by atoms with Gasteiger partial charge >= 0.3 is 0 Å². The first kappa shape index (κ1) is 22.4. The second-order valence-electron chi connectivity index (χ2n) is 9.06. The van der Waals surface area contributed by atoms with Crippen LogP contribution in [0.4, 0.5) is 5.69 Å². The molecule has 0 unspecified atom stereocenters. The van der Waals surface area contributed by atoms with Crippen molar-refractivity contribution >= 4 is 25.3 Å². The maximum atomic E-state index is 12.2. The number of carbonyl (C=O) groups is 1. The monoisotopic (exact) mass is 456 g/mol. The number of benzene rings is 2. The van der Waals surface area contributed by atoms with Gasteiger partial charge in [0, 0.05) is 24.1 Å². The molecular formula is C25H24N4O3Si. The topological polar surface area (TPSA) is 90.4 Å². The van der Waals surface area contributed by atoms with Crippen LogP contribution in [0.3, 0.4) is 0 Å². The molecule has 1 atom stereocenters. The lowest BCUT2D eigenvalue weighted by atomic mass is 9.97. The fraction of sp³-hybridized carbons (Fsp3) is 0.240. The third-order valence-corrected chi connectivity index (χ3v) is 6.18. The Hall–Kier alpha value is -3.83. The zero-order chi connectivity index (χ0) is 23.9. The summed E-state index contributed by atoms with van der Waals surface area (Å²) in [6.07, 6.45) is 1.62. The van der Waals surface area contributed by atoms with Crippen molar-refractivity contribution in [2.75, 3.05) is 0 Å². The maximum Gasteiger partial charge on any atom is 0.278 e. The minimum Gasteiger partial charge on any atom is -0.300 e. The van der Waals surface area contributed by atoms with Gasteiger partial charge in [0.1, 0.15) is 20.1 Å². The van der Waals surface area contributed by atoms with Crippen molar-refractivity contribution in [3.05, 3.63) is 87.0 Å². The first-order chi connectivity index (χ1) is 15.6. The van der Waals surface area contributed by atoms with Crippen molar-refractivity contribution in [2.45, 2.75) is 39.5 Å². The molecule has 1 aromatic heterocycles. The number of nitro groups is 1. The van der Waals surface area contributed by atoms with Crippen LogP contribution in [-0.4, -0.2) is 34.0 Å². The van der Waals surface area contributed by atoms with Crippen molar-refractivity contribution in [2.24, 2.45) is 4.99 Å². The highest BCUT2D eigenvalue weighted by Crippen LogP contribution is 2.34. The Labute approximate surface area is 193 Å². The molecule has 1 aliphatic rings. The highest BCUT2D eigenvalue weighted by molar-refractivity contribution is 6.83. The lowest BCUT2D eigenvalue weighted by Crippen LogP contribution is -2.16. The standard InChI is InChI=1S/C25H24N4O3Si/c1-16-25-23(17(2)30)26-15-28(25)21-11-10-18(12-13-33(3,4)5)14-20(21)24(27-16)19-8-6-7-9-22(19)29(31)32/h6-11,14-16H,1-5H3/t16-/m1/s1. The van der Waals surface area contributed by atoms with E-state index in [4.69, 9.17) is 4.99 Å². The Balaban J connectivity index is 2.04. The van der Waals surface area contributed by atoms with Crippen LogP contribution in [0.2, 0.25) is 19.6 Å². The second-order valence-corrected chi connectivity index (χ2v) is 13.8. The molecule has 4 rings (SSSR count). The van der Waals surface area contributed by atoms with Gasteiger partial charge in [-0.25, -0.2) is 4.98 Å². The van der Waals surface area contributed by atoms with Crippen LogP contribution in [0.15, 0.2) is 53.8 Å². The van der Waals surface area contributed by atoms with E-state index >= 15 is 0 Å². The van der Waals surface area contributed by atoms with E-state index in [1.54, 1.807) is 24.5 Å². The highest BCUT2D eigenvalue weighted by atomic mass is 28.3. The van der Waals surface area contributed by atoms with E-state index in [1.807, 2.05) is 29.7 Å². The van der Waals surface area contributed by atoms with Gasteiger partial charge in [-0.2, -0.15) is 0 Å². The Bertz CT molecular complexity index is 1390. The summed E-state index contributed by atoms with van der Waals surface area (Å²) in [6.45, 7) is 9.86. The van der Waals surface area contributed by atoms with E-state index in [-0.39, 0.29) is 11.5 Å². The average Bonchev–Trinajstić information content (AvgIpc) is 3.16. The van der Waals surface area contributed by atoms with Crippen LogP contribution in [0.25, 0.3) is 5.69 Å². The fourth-order valence-corrected chi connectivity index (χ4v) is 4.38. The van der Waals surface area contributed by atoms with Gasteiger partial charge in [-0.1, -0.05) is 37.7 Å². The van der Waals surface area contributed by atoms with E-state index in [9.17, 15) is 14.9 Å². The van der Waals surface area contributed by atoms with Crippen molar-refractivity contribution in [3.8, 4) is 17.2 Å². The third-order valence-electron chi connectivity index (χ3n) is 5.31. The number of hydrogen-bond acceptors (Lipinski definition) is 5. The Kier molecular flexibility index (Phi) is 5.60. The quantitative estimate of drug-likeness (QED) is 0.180. The Morgan fingerprint density at radius 1 is 1.15 bits per heavy atom. The minimum atomic E-state index is -1.60. The summed E-state index contributed by atoms with van der Waals surface area (Å²) in [7, 11) is -1.60. The number of rotatable bonds is 3. The fourth-order valence-electron chi connectivity index (χ4n) is 3.87. The zero-order valence-electron chi connectivity index (χ0n) is 19.2. The first-order valence-corrected chi connectivity index (χ1v) is 14.1. The maximum absolute atomic E-state index is 12.2. The van der Waals surface area contributed by atoms with E-state index in [1.165, 1.54) is 13.0 Å². The van der Waals surface area contributed by atoms with Gasteiger partial charge in [0.05, 0.1) is 33.6 Å². The molecule has 0 N–H and O–H groups in total. The van der Waals surface area contributed by atoms with Gasteiger partial charge in [-0.3, -0.25) is 24.5 Å². The van der Waals surface area contributed by atoms with Gasteiger partial charge in [-0.15, -0.1) is 5.54 Å².